The first kappa shape index (κ1) is 14.3. The first-order chi connectivity index (χ1) is 8.51. The first-order valence-corrected chi connectivity index (χ1v) is 6.21. The minimum Gasteiger partial charge on any atom is -0.382 e. The Morgan fingerprint density at radius 2 is 2.11 bits per heavy atom. The maximum Gasteiger partial charge on any atom is 0.315 e. The maximum absolute atomic E-state index is 11.2. The van der Waals surface area contributed by atoms with Gasteiger partial charge < -0.3 is 10.2 Å². The van der Waals surface area contributed by atoms with Crippen LogP contribution in [0.15, 0.2) is 18.2 Å². The molecule has 5 heteroatoms. The van der Waals surface area contributed by atoms with Crippen LogP contribution in [0.4, 0.5) is 17.1 Å². The van der Waals surface area contributed by atoms with E-state index in [0.29, 0.717) is 17.3 Å². The second-order valence-electron chi connectivity index (χ2n) is 4.61. The summed E-state index contributed by atoms with van der Waals surface area (Å²) in [5.74, 6) is 0.461. The normalized spacial score (nSPS) is 10.5. The molecular weight excluding hydrogens is 230 g/mol. The van der Waals surface area contributed by atoms with Crippen molar-refractivity contribution in [2.45, 2.75) is 20.8 Å². The lowest BCUT2D eigenvalue weighted by atomic mass is 10.1. The van der Waals surface area contributed by atoms with E-state index in [1.807, 2.05) is 24.0 Å². The number of rotatable bonds is 6. The maximum atomic E-state index is 11.2. The highest BCUT2D eigenvalue weighted by atomic mass is 16.6. The van der Waals surface area contributed by atoms with Crippen molar-refractivity contribution in [2.75, 3.05) is 30.4 Å². The highest BCUT2D eigenvalue weighted by Crippen LogP contribution is 2.35. The van der Waals surface area contributed by atoms with Crippen LogP contribution in [0.25, 0.3) is 0 Å². The average Bonchev–Trinajstić information content (AvgIpc) is 2.34. The lowest BCUT2D eigenvalue weighted by molar-refractivity contribution is -0.383. The zero-order valence-corrected chi connectivity index (χ0v) is 11.4. The molecule has 0 aliphatic heterocycles. The number of benzene rings is 1. The Kier molecular flexibility index (Phi) is 4.95. The molecule has 1 aromatic carbocycles. The molecule has 0 fully saturated rings. The number of nitrogens with one attached hydrogen (secondary N) is 1. The number of nitro benzene ring substituents is 1. The zero-order chi connectivity index (χ0) is 13.7. The van der Waals surface area contributed by atoms with E-state index >= 15 is 0 Å². The molecule has 1 aromatic rings. The van der Waals surface area contributed by atoms with Crippen molar-refractivity contribution in [3.63, 3.8) is 0 Å². The van der Waals surface area contributed by atoms with Crippen molar-refractivity contribution < 1.29 is 4.92 Å². The van der Waals surface area contributed by atoms with Crippen molar-refractivity contribution in [2.24, 2.45) is 5.92 Å². The van der Waals surface area contributed by atoms with Gasteiger partial charge in [-0.25, -0.2) is 0 Å². The van der Waals surface area contributed by atoms with Gasteiger partial charge in [-0.1, -0.05) is 19.9 Å². The first-order valence-electron chi connectivity index (χ1n) is 6.21. The molecule has 0 bridgehead atoms. The van der Waals surface area contributed by atoms with Crippen LogP contribution in [0.1, 0.15) is 20.8 Å². The fourth-order valence-corrected chi connectivity index (χ4v) is 2.02. The third-order valence-electron chi connectivity index (χ3n) is 2.77. The molecule has 0 atom stereocenters. The van der Waals surface area contributed by atoms with E-state index in [1.165, 1.54) is 0 Å². The fraction of sp³-hybridized carbons (Fsp3) is 0.538. The number of hydrogen-bond donors (Lipinski definition) is 1. The molecule has 0 unspecified atom stereocenters. The van der Waals surface area contributed by atoms with Crippen molar-refractivity contribution in [1.29, 1.82) is 0 Å². The molecule has 0 radical (unpaired) electrons. The molecule has 0 aromatic heterocycles. The van der Waals surface area contributed by atoms with Gasteiger partial charge in [-0.2, -0.15) is 0 Å². The summed E-state index contributed by atoms with van der Waals surface area (Å²) in [5.41, 5.74) is 1.39. The van der Waals surface area contributed by atoms with Gasteiger partial charge in [0, 0.05) is 20.1 Å². The van der Waals surface area contributed by atoms with Gasteiger partial charge in [-0.3, -0.25) is 10.1 Å². The Labute approximate surface area is 108 Å². The van der Waals surface area contributed by atoms with Crippen LogP contribution >= 0.6 is 0 Å². The second-order valence-corrected chi connectivity index (χ2v) is 4.61. The lowest BCUT2D eigenvalue weighted by Crippen LogP contribution is -2.28. The van der Waals surface area contributed by atoms with Crippen LogP contribution in [0, 0.1) is 16.0 Å². The topological polar surface area (TPSA) is 58.4 Å². The molecule has 0 saturated heterocycles. The minimum absolute atomic E-state index is 0.155. The summed E-state index contributed by atoms with van der Waals surface area (Å²) in [6, 6.07) is 5.38. The number of nitrogens with zero attached hydrogens (tertiary/aromatic N) is 2. The quantitative estimate of drug-likeness (QED) is 0.623. The smallest absolute Gasteiger partial charge is 0.315 e. The van der Waals surface area contributed by atoms with Gasteiger partial charge >= 0.3 is 5.69 Å². The molecule has 18 heavy (non-hydrogen) atoms. The van der Waals surface area contributed by atoms with Crippen LogP contribution in [0.3, 0.4) is 0 Å². The molecule has 0 heterocycles. The van der Waals surface area contributed by atoms with Gasteiger partial charge in [-0.05, 0) is 25.0 Å². The van der Waals surface area contributed by atoms with E-state index in [9.17, 15) is 10.1 Å². The number of hydrogen-bond acceptors (Lipinski definition) is 4. The van der Waals surface area contributed by atoms with E-state index < -0.39 is 0 Å². The molecule has 0 amide bonds. The predicted molar refractivity (Wildman–Crippen MR) is 75.4 cm³/mol. The Hall–Kier alpha value is -1.78. The lowest BCUT2D eigenvalue weighted by Gasteiger charge is -2.25. The van der Waals surface area contributed by atoms with Crippen LogP contribution in [0.5, 0.6) is 0 Å². The minimum atomic E-state index is -0.315. The van der Waals surface area contributed by atoms with Gasteiger partial charge in [-0.15, -0.1) is 0 Å². The van der Waals surface area contributed by atoms with Crippen LogP contribution < -0.4 is 10.2 Å². The largest absolute Gasteiger partial charge is 0.382 e. The standard InChI is InChI=1S/C13H21N3O2/c1-5-15(9-10(2)3)12-8-6-7-11(14-4)13(12)16(17)18/h6-8,10,14H,5,9H2,1-4H3. The van der Waals surface area contributed by atoms with Gasteiger partial charge in [0.15, 0.2) is 0 Å². The molecule has 1 N–H and O–H groups in total. The van der Waals surface area contributed by atoms with E-state index in [-0.39, 0.29) is 10.6 Å². The average molecular weight is 251 g/mol. The van der Waals surface area contributed by atoms with Crippen LogP contribution in [0.2, 0.25) is 0 Å². The summed E-state index contributed by atoms with van der Waals surface area (Å²) in [7, 11) is 1.70. The van der Waals surface area contributed by atoms with Gasteiger partial charge in [0.1, 0.15) is 11.4 Å². The molecule has 0 saturated carbocycles. The van der Waals surface area contributed by atoms with Crippen LogP contribution in [-0.2, 0) is 0 Å². The van der Waals surface area contributed by atoms with Gasteiger partial charge in [0.2, 0.25) is 0 Å². The van der Waals surface area contributed by atoms with E-state index in [2.05, 4.69) is 19.2 Å². The summed E-state index contributed by atoms with van der Waals surface area (Å²) in [6.45, 7) is 7.79. The van der Waals surface area contributed by atoms with Crippen molar-refractivity contribution in [1.82, 2.24) is 0 Å². The second kappa shape index (κ2) is 6.23. The number of para-hydroxylation sites is 1. The number of nitro groups is 1. The summed E-state index contributed by atoms with van der Waals surface area (Å²) in [6.07, 6.45) is 0. The molecule has 0 spiro atoms. The molecular formula is C13H21N3O2. The van der Waals surface area contributed by atoms with E-state index in [4.69, 9.17) is 0 Å². The summed E-state index contributed by atoms with van der Waals surface area (Å²) in [4.78, 5) is 13.0. The summed E-state index contributed by atoms with van der Waals surface area (Å²) in [5, 5.41) is 14.1. The summed E-state index contributed by atoms with van der Waals surface area (Å²) < 4.78 is 0. The highest BCUT2D eigenvalue weighted by molar-refractivity contribution is 5.76. The van der Waals surface area contributed by atoms with Crippen molar-refractivity contribution in [3.8, 4) is 0 Å². The van der Waals surface area contributed by atoms with Crippen molar-refractivity contribution in [3.05, 3.63) is 28.3 Å². The predicted octanol–water partition coefficient (Wildman–Crippen LogP) is 3.12. The Morgan fingerprint density at radius 1 is 1.44 bits per heavy atom. The highest BCUT2D eigenvalue weighted by Gasteiger charge is 2.22. The molecule has 100 valence electrons. The molecule has 0 aliphatic rings. The monoisotopic (exact) mass is 251 g/mol. The Balaban J connectivity index is 3.24. The Bertz CT molecular complexity index is 419. The fourth-order valence-electron chi connectivity index (χ4n) is 2.02. The Morgan fingerprint density at radius 3 is 2.56 bits per heavy atom. The van der Waals surface area contributed by atoms with E-state index in [0.717, 1.165) is 13.1 Å². The molecule has 0 aliphatic carbocycles. The van der Waals surface area contributed by atoms with Gasteiger partial charge in [0.05, 0.1) is 4.92 Å². The molecule has 1 rings (SSSR count). The van der Waals surface area contributed by atoms with Crippen molar-refractivity contribution >= 4 is 17.1 Å². The van der Waals surface area contributed by atoms with Crippen LogP contribution in [-0.4, -0.2) is 25.1 Å². The third-order valence-corrected chi connectivity index (χ3v) is 2.77. The van der Waals surface area contributed by atoms with Gasteiger partial charge in [0.25, 0.3) is 0 Å². The molecule has 5 nitrogen and oxygen atoms in total. The zero-order valence-electron chi connectivity index (χ0n) is 11.4. The number of anilines is 2. The summed E-state index contributed by atoms with van der Waals surface area (Å²) >= 11 is 0. The third kappa shape index (κ3) is 3.12. The van der Waals surface area contributed by atoms with E-state index in [1.54, 1.807) is 13.1 Å². The SMILES string of the molecule is CCN(CC(C)C)c1cccc(NC)c1[N+](=O)[O-].